The summed E-state index contributed by atoms with van der Waals surface area (Å²) in [6.07, 6.45) is 1.68. The fraction of sp³-hybridized carbons (Fsp3) is 0.267. The first-order valence-electron chi connectivity index (χ1n) is 6.29. The van der Waals surface area contributed by atoms with Crippen molar-refractivity contribution in [2.45, 2.75) is 0 Å². The van der Waals surface area contributed by atoms with Gasteiger partial charge in [0.05, 0.1) is 40.3 Å². The molecule has 0 aliphatic carbocycles. The third kappa shape index (κ3) is 3.28. The summed E-state index contributed by atoms with van der Waals surface area (Å²) in [5.41, 5.74) is 1.63. The van der Waals surface area contributed by atoms with Crippen molar-refractivity contribution in [3.05, 3.63) is 30.5 Å². The third-order valence-corrected chi connectivity index (χ3v) is 2.90. The molecule has 1 heterocycles. The summed E-state index contributed by atoms with van der Waals surface area (Å²) < 4.78 is 20.9. The van der Waals surface area contributed by atoms with E-state index < -0.39 is 0 Å². The number of rotatable bonds is 6. The summed E-state index contributed by atoms with van der Waals surface area (Å²) in [7, 11) is 6.31. The first kappa shape index (κ1) is 14.8. The second-order valence-corrected chi connectivity index (χ2v) is 4.13. The van der Waals surface area contributed by atoms with Crippen LogP contribution in [-0.4, -0.2) is 33.4 Å². The summed E-state index contributed by atoms with van der Waals surface area (Å²) in [5.74, 6) is 2.28. The number of hydrogen-bond donors (Lipinski definition) is 1. The Labute approximate surface area is 123 Å². The Morgan fingerprint density at radius 2 is 1.48 bits per heavy atom. The van der Waals surface area contributed by atoms with Crippen LogP contribution in [-0.2, 0) is 0 Å². The summed E-state index contributed by atoms with van der Waals surface area (Å²) in [6.45, 7) is 0. The van der Waals surface area contributed by atoms with Gasteiger partial charge in [0.25, 0.3) is 0 Å². The summed E-state index contributed by atoms with van der Waals surface area (Å²) in [6, 6.07) is 7.30. The highest BCUT2D eigenvalue weighted by Crippen LogP contribution is 2.40. The van der Waals surface area contributed by atoms with E-state index >= 15 is 0 Å². The van der Waals surface area contributed by atoms with Crippen LogP contribution in [0.2, 0.25) is 0 Å². The lowest BCUT2D eigenvalue weighted by Crippen LogP contribution is -1.98. The second-order valence-electron chi connectivity index (χ2n) is 4.13. The van der Waals surface area contributed by atoms with Gasteiger partial charge in [-0.3, -0.25) is 0 Å². The van der Waals surface area contributed by atoms with Crippen molar-refractivity contribution in [1.82, 2.24) is 4.98 Å². The first-order valence-corrected chi connectivity index (χ1v) is 6.29. The number of hydrogen-bond acceptors (Lipinski definition) is 6. The van der Waals surface area contributed by atoms with E-state index in [0.717, 1.165) is 11.4 Å². The molecule has 0 unspecified atom stereocenters. The van der Waals surface area contributed by atoms with Crippen LogP contribution in [0.4, 0.5) is 11.4 Å². The lowest BCUT2D eigenvalue weighted by Gasteiger charge is -2.15. The van der Waals surface area contributed by atoms with Gasteiger partial charge in [0, 0.05) is 23.9 Å². The Balaban J connectivity index is 2.30. The van der Waals surface area contributed by atoms with Gasteiger partial charge in [-0.2, -0.15) is 0 Å². The molecule has 1 aromatic carbocycles. The highest BCUT2D eigenvalue weighted by Gasteiger charge is 2.13. The molecule has 1 aromatic heterocycles. The molecule has 1 N–H and O–H groups in total. The molecular formula is C15H18N2O4. The molecular weight excluding hydrogens is 272 g/mol. The highest BCUT2D eigenvalue weighted by atomic mass is 16.5. The standard InChI is InChI=1S/C15H18N2O4/c1-18-12-7-11(8-13(19-2)15(12)21-4)17-10-5-6-14(20-3)16-9-10/h5-9,17H,1-4H3. The van der Waals surface area contributed by atoms with Gasteiger partial charge in [-0.15, -0.1) is 0 Å². The number of methoxy groups -OCH3 is 4. The molecule has 0 aliphatic rings. The number of anilines is 2. The number of ether oxygens (including phenoxy) is 4. The third-order valence-electron chi connectivity index (χ3n) is 2.90. The maximum absolute atomic E-state index is 5.31. The number of benzene rings is 1. The van der Waals surface area contributed by atoms with Crippen molar-refractivity contribution in [2.75, 3.05) is 33.8 Å². The minimum atomic E-state index is 0.554. The molecule has 0 amide bonds. The quantitative estimate of drug-likeness (QED) is 0.882. The van der Waals surface area contributed by atoms with E-state index in [0.29, 0.717) is 23.1 Å². The molecule has 6 heteroatoms. The van der Waals surface area contributed by atoms with Crippen LogP contribution in [0.15, 0.2) is 30.5 Å². The van der Waals surface area contributed by atoms with Gasteiger partial charge < -0.3 is 24.3 Å². The average molecular weight is 290 g/mol. The smallest absolute Gasteiger partial charge is 0.213 e. The molecule has 0 fully saturated rings. The second kappa shape index (κ2) is 6.69. The molecule has 0 bridgehead atoms. The summed E-state index contributed by atoms with van der Waals surface area (Å²) >= 11 is 0. The monoisotopic (exact) mass is 290 g/mol. The van der Waals surface area contributed by atoms with Gasteiger partial charge in [-0.05, 0) is 6.07 Å². The van der Waals surface area contributed by atoms with E-state index in [4.69, 9.17) is 18.9 Å². The van der Waals surface area contributed by atoms with Crippen molar-refractivity contribution in [3.63, 3.8) is 0 Å². The Kier molecular flexibility index (Phi) is 4.71. The predicted octanol–water partition coefficient (Wildman–Crippen LogP) is 2.86. The van der Waals surface area contributed by atoms with Gasteiger partial charge in [-0.1, -0.05) is 0 Å². The highest BCUT2D eigenvalue weighted by molar-refractivity contribution is 5.67. The molecule has 0 saturated heterocycles. The fourth-order valence-electron chi connectivity index (χ4n) is 1.89. The van der Waals surface area contributed by atoms with Gasteiger partial charge in [0.2, 0.25) is 11.6 Å². The van der Waals surface area contributed by atoms with E-state index in [9.17, 15) is 0 Å². The van der Waals surface area contributed by atoms with E-state index in [1.807, 2.05) is 18.2 Å². The number of nitrogens with zero attached hydrogens (tertiary/aromatic N) is 1. The summed E-state index contributed by atoms with van der Waals surface area (Å²) in [4.78, 5) is 4.14. The Hall–Kier alpha value is -2.63. The topological polar surface area (TPSA) is 61.8 Å². The Morgan fingerprint density at radius 1 is 0.810 bits per heavy atom. The van der Waals surface area contributed by atoms with Crippen LogP contribution < -0.4 is 24.3 Å². The first-order chi connectivity index (χ1) is 10.2. The van der Waals surface area contributed by atoms with Crippen LogP contribution >= 0.6 is 0 Å². The molecule has 6 nitrogen and oxygen atoms in total. The predicted molar refractivity (Wildman–Crippen MR) is 80.2 cm³/mol. The zero-order chi connectivity index (χ0) is 15.2. The molecule has 2 aromatic rings. The van der Waals surface area contributed by atoms with Crippen molar-refractivity contribution in [3.8, 4) is 23.1 Å². The van der Waals surface area contributed by atoms with Crippen molar-refractivity contribution in [1.29, 1.82) is 0 Å². The average Bonchev–Trinajstić information content (AvgIpc) is 2.54. The van der Waals surface area contributed by atoms with E-state index in [-0.39, 0.29) is 0 Å². The Morgan fingerprint density at radius 3 is 1.90 bits per heavy atom. The summed E-state index contributed by atoms with van der Waals surface area (Å²) in [5, 5.41) is 3.22. The molecule has 21 heavy (non-hydrogen) atoms. The van der Waals surface area contributed by atoms with Crippen LogP contribution in [0.5, 0.6) is 23.1 Å². The van der Waals surface area contributed by atoms with Gasteiger partial charge in [0.1, 0.15) is 0 Å². The van der Waals surface area contributed by atoms with Crippen LogP contribution in [0.3, 0.4) is 0 Å². The minimum absolute atomic E-state index is 0.554. The molecule has 112 valence electrons. The number of nitrogens with one attached hydrogen (secondary N) is 1. The van der Waals surface area contributed by atoms with Gasteiger partial charge in [-0.25, -0.2) is 4.98 Å². The van der Waals surface area contributed by atoms with E-state index in [1.165, 1.54) is 0 Å². The number of pyridine rings is 1. The molecule has 0 atom stereocenters. The van der Waals surface area contributed by atoms with Crippen molar-refractivity contribution in [2.24, 2.45) is 0 Å². The van der Waals surface area contributed by atoms with Crippen molar-refractivity contribution >= 4 is 11.4 Å². The molecule has 0 saturated carbocycles. The van der Waals surface area contributed by atoms with Gasteiger partial charge >= 0.3 is 0 Å². The van der Waals surface area contributed by atoms with Crippen LogP contribution in [0.25, 0.3) is 0 Å². The minimum Gasteiger partial charge on any atom is -0.493 e. The number of aromatic nitrogens is 1. The van der Waals surface area contributed by atoms with E-state index in [1.54, 1.807) is 40.7 Å². The lowest BCUT2D eigenvalue weighted by atomic mass is 10.2. The SMILES string of the molecule is COc1ccc(Nc2cc(OC)c(OC)c(OC)c2)cn1. The maximum Gasteiger partial charge on any atom is 0.213 e. The maximum atomic E-state index is 5.31. The normalized spacial score (nSPS) is 9.90. The molecule has 0 aliphatic heterocycles. The largest absolute Gasteiger partial charge is 0.493 e. The Bertz CT molecular complexity index is 574. The fourth-order valence-corrected chi connectivity index (χ4v) is 1.89. The van der Waals surface area contributed by atoms with Crippen LogP contribution in [0, 0.1) is 0 Å². The van der Waals surface area contributed by atoms with Gasteiger partial charge in [0.15, 0.2) is 11.5 Å². The molecule has 0 radical (unpaired) electrons. The molecule has 0 spiro atoms. The van der Waals surface area contributed by atoms with E-state index in [2.05, 4.69) is 10.3 Å². The van der Waals surface area contributed by atoms with Crippen LogP contribution in [0.1, 0.15) is 0 Å². The lowest BCUT2D eigenvalue weighted by molar-refractivity contribution is 0.324. The zero-order valence-corrected chi connectivity index (χ0v) is 12.5. The molecule has 2 rings (SSSR count). The zero-order valence-electron chi connectivity index (χ0n) is 12.5. The van der Waals surface area contributed by atoms with Crippen molar-refractivity contribution < 1.29 is 18.9 Å².